The van der Waals surface area contributed by atoms with Gasteiger partial charge < -0.3 is 14.8 Å². The lowest BCUT2D eigenvalue weighted by atomic mass is 10.2. The Morgan fingerprint density at radius 1 is 1.00 bits per heavy atom. The number of nitrogens with zero attached hydrogens (tertiary/aromatic N) is 3. The highest BCUT2D eigenvalue weighted by Gasteiger charge is 2.17. The monoisotopic (exact) mass is 338 g/mol. The Bertz CT molecular complexity index is 868. The summed E-state index contributed by atoms with van der Waals surface area (Å²) in [7, 11) is 3.10. The van der Waals surface area contributed by atoms with E-state index in [0.717, 1.165) is 5.69 Å². The van der Waals surface area contributed by atoms with Gasteiger partial charge in [0.2, 0.25) is 0 Å². The van der Waals surface area contributed by atoms with E-state index in [-0.39, 0.29) is 11.6 Å². The zero-order chi connectivity index (χ0) is 17.8. The first kappa shape index (κ1) is 16.5. The number of anilines is 1. The summed E-state index contributed by atoms with van der Waals surface area (Å²) in [4.78, 5) is 14.0. The van der Waals surface area contributed by atoms with Crippen LogP contribution in [0.25, 0.3) is 5.69 Å². The average molecular weight is 338 g/mol. The molecule has 0 aliphatic heterocycles. The third kappa shape index (κ3) is 3.60. The number of benzene rings is 2. The Hall–Kier alpha value is -3.35. The molecule has 7 heteroatoms. The van der Waals surface area contributed by atoms with E-state index >= 15 is 0 Å². The van der Waals surface area contributed by atoms with Gasteiger partial charge in [0.15, 0.2) is 5.69 Å². The summed E-state index contributed by atoms with van der Waals surface area (Å²) >= 11 is 0. The van der Waals surface area contributed by atoms with Crippen molar-refractivity contribution in [2.75, 3.05) is 19.5 Å². The van der Waals surface area contributed by atoms with Gasteiger partial charge in [0.25, 0.3) is 5.91 Å². The molecular weight excluding hydrogens is 320 g/mol. The van der Waals surface area contributed by atoms with Crippen LogP contribution < -0.4 is 14.8 Å². The van der Waals surface area contributed by atoms with Crippen molar-refractivity contribution in [2.45, 2.75) is 6.92 Å². The molecule has 0 bridgehead atoms. The SMILES string of the molecule is COc1cc(NC(=O)c2nn(-c3ccccc3)nc2C)cc(OC)c1. The Kier molecular flexibility index (Phi) is 4.65. The van der Waals surface area contributed by atoms with Crippen molar-refractivity contribution in [1.29, 1.82) is 0 Å². The minimum absolute atomic E-state index is 0.255. The lowest BCUT2D eigenvalue weighted by molar-refractivity contribution is 0.102. The van der Waals surface area contributed by atoms with Crippen LogP contribution in [0.3, 0.4) is 0 Å². The Morgan fingerprint density at radius 2 is 1.64 bits per heavy atom. The second-order valence-corrected chi connectivity index (χ2v) is 5.31. The summed E-state index contributed by atoms with van der Waals surface area (Å²) in [5, 5.41) is 11.4. The van der Waals surface area contributed by atoms with Gasteiger partial charge in [-0.15, -0.1) is 5.10 Å². The van der Waals surface area contributed by atoms with Crippen molar-refractivity contribution < 1.29 is 14.3 Å². The number of amides is 1. The minimum atomic E-state index is -0.352. The van der Waals surface area contributed by atoms with Gasteiger partial charge in [-0.2, -0.15) is 9.90 Å². The number of hydrogen-bond acceptors (Lipinski definition) is 5. The minimum Gasteiger partial charge on any atom is -0.497 e. The van der Waals surface area contributed by atoms with Crippen LogP contribution in [0, 0.1) is 6.92 Å². The molecule has 0 saturated carbocycles. The maximum Gasteiger partial charge on any atom is 0.278 e. The summed E-state index contributed by atoms with van der Waals surface area (Å²) in [6.07, 6.45) is 0. The molecule has 0 atom stereocenters. The van der Waals surface area contributed by atoms with E-state index < -0.39 is 0 Å². The summed E-state index contributed by atoms with van der Waals surface area (Å²) in [6, 6.07) is 14.6. The van der Waals surface area contributed by atoms with E-state index in [4.69, 9.17) is 9.47 Å². The third-order valence-electron chi connectivity index (χ3n) is 3.59. The van der Waals surface area contributed by atoms with E-state index in [9.17, 15) is 4.79 Å². The number of aryl methyl sites for hydroxylation is 1. The second-order valence-electron chi connectivity index (χ2n) is 5.31. The van der Waals surface area contributed by atoms with Gasteiger partial charge in [0.1, 0.15) is 11.5 Å². The highest BCUT2D eigenvalue weighted by atomic mass is 16.5. The predicted octanol–water partition coefficient (Wildman–Crippen LogP) is 2.85. The van der Waals surface area contributed by atoms with Gasteiger partial charge in [0, 0.05) is 23.9 Å². The van der Waals surface area contributed by atoms with Crippen LogP contribution >= 0.6 is 0 Å². The molecule has 128 valence electrons. The predicted molar refractivity (Wildman–Crippen MR) is 93.6 cm³/mol. The van der Waals surface area contributed by atoms with Gasteiger partial charge in [0.05, 0.1) is 25.6 Å². The first-order valence-electron chi connectivity index (χ1n) is 7.64. The van der Waals surface area contributed by atoms with Crippen molar-refractivity contribution in [3.63, 3.8) is 0 Å². The van der Waals surface area contributed by atoms with Crippen LogP contribution in [0.5, 0.6) is 11.5 Å². The van der Waals surface area contributed by atoms with Gasteiger partial charge in [-0.05, 0) is 19.1 Å². The molecule has 0 radical (unpaired) electrons. The van der Waals surface area contributed by atoms with Crippen LogP contribution in [-0.2, 0) is 0 Å². The number of hydrogen-bond donors (Lipinski definition) is 1. The molecule has 0 fully saturated rings. The Morgan fingerprint density at radius 3 is 2.24 bits per heavy atom. The second kappa shape index (κ2) is 7.04. The molecule has 0 aliphatic carbocycles. The number of nitrogens with one attached hydrogen (secondary N) is 1. The van der Waals surface area contributed by atoms with E-state index in [2.05, 4.69) is 15.5 Å². The molecule has 1 aromatic heterocycles. The van der Waals surface area contributed by atoms with Crippen LogP contribution in [0.4, 0.5) is 5.69 Å². The Labute approximate surface area is 145 Å². The fraction of sp³-hybridized carbons (Fsp3) is 0.167. The van der Waals surface area contributed by atoms with Crippen LogP contribution in [0.15, 0.2) is 48.5 Å². The molecule has 2 aromatic carbocycles. The number of ether oxygens (including phenoxy) is 2. The first-order chi connectivity index (χ1) is 12.1. The molecule has 0 aliphatic rings. The number of methoxy groups -OCH3 is 2. The first-order valence-corrected chi connectivity index (χ1v) is 7.64. The summed E-state index contributed by atoms with van der Waals surface area (Å²) < 4.78 is 10.4. The zero-order valence-electron chi connectivity index (χ0n) is 14.2. The van der Waals surface area contributed by atoms with E-state index in [1.54, 1.807) is 39.3 Å². The fourth-order valence-corrected chi connectivity index (χ4v) is 2.34. The fourth-order valence-electron chi connectivity index (χ4n) is 2.34. The molecule has 3 aromatic rings. The lowest BCUT2D eigenvalue weighted by Gasteiger charge is -2.09. The molecular formula is C18H18N4O3. The molecule has 25 heavy (non-hydrogen) atoms. The number of carbonyl (C=O) groups excluding carboxylic acids is 1. The number of para-hydroxylation sites is 1. The van der Waals surface area contributed by atoms with Gasteiger partial charge in [-0.1, -0.05) is 18.2 Å². The lowest BCUT2D eigenvalue weighted by Crippen LogP contribution is -2.14. The van der Waals surface area contributed by atoms with Crippen molar-refractivity contribution in [3.8, 4) is 17.2 Å². The number of aromatic nitrogens is 3. The largest absolute Gasteiger partial charge is 0.497 e. The standard InChI is InChI=1S/C18H18N4O3/c1-12-17(21-22(20-12)14-7-5-4-6-8-14)18(23)19-13-9-15(24-2)11-16(10-13)25-3/h4-11H,1-3H3,(H,19,23). The van der Waals surface area contributed by atoms with Crippen molar-refractivity contribution in [3.05, 3.63) is 59.9 Å². The van der Waals surface area contributed by atoms with E-state index in [1.807, 2.05) is 30.3 Å². The van der Waals surface area contributed by atoms with Crippen molar-refractivity contribution in [2.24, 2.45) is 0 Å². The molecule has 1 N–H and O–H groups in total. The van der Waals surface area contributed by atoms with Gasteiger partial charge in [-0.3, -0.25) is 4.79 Å². The van der Waals surface area contributed by atoms with Crippen LogP contribution in [-0.4, -0.2) is 35.1 Å². The highest BCUT2D eigenvalue weighted by molar-refractivity contribution is 6.03. The quantitative estimate of drug-likeness (QED) is 0.774. The third-order valence-corrected chi connectivity index (χ3v) is 3.59. The normalized spacial score (nSPS) is 10.4. The average Bonchev–Trinajstić information content (AvgIpc) is 3.04. The Balaban J connectivity index is 1.86. The molecule has 0 unspecified atom stereocenters. The van der Waals surface area contributed by atoms with Crippen LogP contribution in [0.1, 0.15) is 16.2 Å². The molecule has 7 nitrogen and oxygen atoms in total. The summed E-state index contributed by atoms with van der Waals surface area (Å²) in [5.74, 6) is 0.814. The molecule has 3 rings (SSSR count). The topological polar surface area (TPSA) is 78.3 Å². The smallest absolute Gasteiger partial charge is 0.278 e. The maximum absolute atomic E-state index is 12.6. The maximum atomic E-state index is 12.6. The molecule has 0 spiro atoms. The molecule has 1 amide bonds. The summed E-state index contributed by atoms with van der Waals surface area (Å²) in [6.45, 7) is 1.74. The number of rotatable bonds is 5. The van der Waals surface area contributed by atoms with Gasteiger partial charge >= 0.3 is 0 Å². The van der Waals surface area contributed by atoms with Crippen LogP contribution in [0.2, 0.25) is 0 Å². The zero-order valence-corrected chi connectivity index (χ0v) is 14.2. The highest BCUT2D eigenvalue weighted by Crippen LogP contribution is 2.26. The van der Waals surface area contributed by atoms with E-state index in [1.165, 1.54) is 4.80 Å². The summed E-state index contributed by atoms with van der Waals surface area (Å²) in [5.41, 5.74) is 2.13. The number of carbonyl (C=O) groups is 1. The molecule has 0 saturated heterocycles. The van der Waals surface area contributed by atoms with Crippen molar-refractivity contribution in [1.82, 2.24) is 15.0 Å². The van der Waals surface area contributed by atoms with Crippen molar-refractivity contribution >= 4 is 11.6 Å². The molecule has 1 heterocycles. The van der Waals surface area contributed by atoms with E-state index in [0.29, 0.717) is 22.9 Å². The van der Waals surface area contributed by atoms with Gasteiger partial charge in [-0.25, -0.2) is 0 Å².